The first-order valence-corrected chi connectivity index (χ1v) is 6.96. The lowest BCUT2D eigenvalue weighted by Gasteiger charge is -2.26. The quantitative estimate of drug-likeness (QED) is 0.656. The molecular weight excluding hydrogens is 214 g/mol. The Morgan fingerprint density at radius 3 is 2.59 bits per heavy atom. The molecule has 1 rings (SSSR count). The molecule has 0 bridgehead atoms. The van der Waals surface area contributed by atoms with Crippen molar-refractivity contribution in [3.05, 3.63) is 0 Å². The standard InChI is InChI=1S/C13H27N3O/c1-12(14)13(17)15-8-4-2-5-9-16-10-6-3-7-11-16/h12H,2-11,14H2,1H3,(H,15,17). The zero-order valence-corrected chi connectivity index (χ0v) is 11.1. The number of unbranched alkanes of at least 4 members (excludes halogenated alkanes) is 2. The molecule has 1 amide bonds. The molecule has 17 heavy (non-hydrogen) atoms. The Balaban J connectivity index is 1.88. The molecule has 1 aliphatic rings. The Morgan fingerprint density at radius 2 is 1.94 bits per heavy atom. The second kappa shape index (κ2) is 8.48. The van der Waals surface area contributed by atoms with Crippen molar-refractivity contribution in [2.75, 3.05) is 26.2 Å². The molecule has 1 saturated heterocycles. The second-order valence-corrected chi connectivity index (χ2v) is 5.04. The first-order chi connectivity index (χ1) is 8.20. The lowest BCUT2D eigenvalue weighted by atomic mass is 10.1. The lowest BCUT2D eigenvalue weighted by Crippen LogP contribution is -2.38. The number of nitrogens with one attached hydrogen (secondary N) is 1. The molecule has 3 N–H and O–H groups in total. The number of nitrogens with zero attached hydrogens (tertiary/aromatic N) is 1. The van der Waals surface area contributed by atoms with Crippen LogP contribution in [-0.2, 0) is 4.79 Å². The molecule has 0 aromatic heterocycles. The zero-order chi connectivity index (χ0) is 12.5. The van der Waals surface area contributed by atoms with Gasteiger partial charge in [-0.1, -0.05) is 12.8 Å². The molecule has 1 atom stereocenters. The molecule has 1 unspecified atom stereocenters. The highest BCUT2D eigenvalue weighted by molar-refractivity contribution is 5.80. The normalized spacial score (nSPS) is 18.9. The van der Waals surface area contributed by atoms with Gasteiger partial charge in [0.1, 0.15) is 0 Å². The Hall–Kier alpha value is -0.610. The van der Waals surface area contributed by atoms with Crippen molar-refractivity contribution in [2.24, 2.45) is 5.73 Å². The van der Waals surface area contributed by atoms with Crippen molar-refractivity contribution in [3.63, 3.8) is 0 Å². The van der Waals surface area contributed by atoms with E-state index in [1.165, 1.54) is 51.7 Å². The predicted octanol–water partition coefficient (Wildman–Crippen LogP) is 1.11. The Bertz CT molecular complexity index is 213. The highest BCUT2D eigenvalue weighted by atomic mass is 16.2. The Labute approximate surface area is 105 Å². The smallest absolute Gasteiger partial charge is 0.236 e. The minimum absolute atomic E-state index is 0.0407. The summed E-state index contributed by atoms with van der Waals surface area (Å²) in [4.78, 5) is 13.7. The van der Waals surface area contributed by atoms with Gasteiger partial charge in [-0.25, -0.2) is 0 Å². The van der Waals surface area contributed by atoms with E-state index < -0.39 is 0 Å². The van der Waals surface area contributed by atoms with Gasteiger partial charge in [0.2, 0.25) is 5.91 Å². The lowest BCUT2D eigenvalue weighted by molar-refractivity contribution is -0.121. The van der Waals surface area contributed by atoms with Crippen LogP contribution in [-0.4, -0.2) is 43.0 Å². The fourth-order valence-electron chi connectivity index (χ4n) is 2.19. The van der Waals surface area contributed by atoms with E-state index in [1.807, 2.05) is 0 Å². The van der Waals surface area contributed by atoms with Crippen LogP contribution in [0.15, 0.2) is 0 Å². The van der Waals surface area contributed by atoms with Gasteiger partial charge in [0, 0.05) is 6.54 Å². The minimum Gasteiger partial charge on any atom is -0.355 e. The van der Waals surface area contributed by atoms with Gasteiger partial charge in [-0.2, -0.15) is 0 Å². The van der Waals surface area contributed by atoms with Crippen LogP contribution in [0, 0.1) is 0 Å². The highest BCUT2D eigenvalue weighted by Gasteiger charge is 2.09. The molecule has 1 heterocycles. The fourth-order valence-corrected chi connectivity index (χ4v) is 2.19. The van der Waals surface area contributed by atoms with Crippen molar-refractivity contribution < 1.29 is 4.79 Å². The van der Waals surface area contributed by atoms with Crippen LogP contribution in [0.4, 0.5) is 0 Å². The molecule has 0 aromatic carbocycles. The van der Waals surface area contributed by atoms with Crippen LogP contribution in [0.3, 0.4) is 0 Å². The maximum absolute atomic E-state index is 11.2. The summed E-state index contributed by atoms with van der Waals surface area (Å²) in [6.45, 7) is 6.26. The van der Waals surface area contributed by atoms with E-state index in [9.17, 15) is 4.79 Å². The number of carbonyl (C=O) groups excluding carboxylic acids is 1. The number of hydrogen-bond acceptors (Lipinski definition) is 3. The monoisotopic (exact) mass is 241 g/mol. The summed E-state index contributed by atoms with van der Waals surface area (Å²) in [5.74, 6) is -0.0407. The first kappa shape index (κ1) is 14.5. The Kier molecular flexibility index (Phi) is 7.21. The van der Waals surface area contributed by atoms with Crippen LogP contribution < -0.4 is 11.1 Å². The predicted molar refractivity (Wildman–Crippen MR) is 70.8 cm³/mol. The van der Waals surface area contributed by atoms with Crippen molar-refractivity contribution in [1.29, 1.82) is 0 Å². The highest BCUT2D eigenvalue weighted by Crippen LogP contribution is 2.09. The van der Waals surface area contributed by atoms with Gasteiger partial charge in [-0.05, 0) is 52.2 Å². The molecule has 100 valence electrons. The fraction of sp³-hybridized carbons (Fsp3) is 0.923. The van der Waals surface area contributed by atoms with E-state index >= 15 is 0 Å². The summed E-state index contributed by atoms with van der Waals surface area (Å²) in [6, 6.07) is -0.386. The second-order valence-electron chi connectivity index (χ2n) is 5.04. The number of likely N-dealkylation sites (tertiary alicyclic amines) is 1. The molecule has 1 aliphatic heterocycles. The van der Waals surface area contributed by atoms with Gasteiger partial charge in [-0.15, -0.1) is 0 Å². The maximum Gasteiger partial charge on any atom is 0.236 e. The van der Waals surface area contributed by atoms with Crippen LogP contribution >= 0.6 is 0 Å². The topological polar surface area (TPSA) is 58.4 Å². The Morgan fingerprint density at radius 1 is 1.24 bits per heavy atom. The zero-order valence-electron chi connectivity index (χ0n) is 11.1. The van der Waals surface area contributed by atoms with Gasteiger partial charge in [0.15, 0.2) is 0 Å². The number of piperidine rings is 1. The summed E-state index contributed by atoms with van der Waals surface area (Å²) in [6.07, 6.45) is 7.63. The van der Waals surface area contributed by atoms with Crippen LogP contribution in [0.25, 0.3) is 0 Å². The maximum atomic E-state index is 11.2. The molecule has 4 heteroatoms. The number of hydrogen-bond donors (Lipinski definition) is 2. The van der Waals surface area contributed by atoms with E-state index in [-0.39, 0.29) is 11.9 Å². The van der Waals surface area contributed by atoms with E-state index in [4.69, 9.17) is 5.73 Å². The number of amides is 1. The van der Waals surface area contributed by atoms with Crippen LogP contribution in [0.2, 0.25) is 0 Å². The number of rotatable bonds is 7. The molecule has 0 aromatic rings. The SMILES string of the molecule is CC(N)C(=O)NCCCCCN1CCCCC1. The van der Waals surface area contributed by atoms with Gasteiger partial charge in [0.05, 0.1) is 6.04 Å². The number of nitrogens with two attached hydrogens (primary N) is 1. The van der Waals surface area contributed by atoms with Crippen molar-refractivity contribution >= 4 is 5.91 Å². The molecule has 0 aliphatic carbocycles. The van der Waals surface area contributed by atoms with Crippen LogP contribution in [0.1, 0.15) is 45.4 Å². The van der Waals surface area contributed by atoms with E-state index in [2.05, 4.69) is 10.2 Å². The van der Waals surface area contributed by atoms with Crippen LogP contribution in [0.5, 0.6) is 0 Å². The summed E-state index contributed by atoms with van der Waals surface area (Å²) < 4.78 is 0. The third kappa shape index (κ3) is 6.64. The van der Waals surface area contributed by atoms with Crippen molar-refractivity contribution in [1.82, 2.24) is 10.2 Å². The van der Waals surface area contributed by atoms with Gasteiger partial charge in [-0.3, -0.25) is 4.79 Å². The third-order valence-electron chi connectivity index (χ3n) is 3.31. The average Bonchev–Trinajstić information content (AvgIpc) is 2.34. The molecule has 0 saturated carbocycles. The molecule has 0 radical (unpaired) electrons. The largest absolute Gasteiger partial charge is 0.355 e. The van der Waals surface area contributed by atoms with Gasteiger partial charge in [0.25, 0.3) is 0 Å². The van der Waals surface area contributed by atoms with Crippen molar-refractivity contribution in [2.45, 2.75) is 51.5 Å². The summed E-state index contributed by atoms with van der Waals surface area (Å²) in [7, 11) is 0. The van der Waals surface area contributed by atoms with Gasteiger partial charge >= 0.3 is 0 Å². The van der Waals surface area contributed by atoms with E-state index in [0.717, 1.165) is 13.0 Å². The first-order valence-electron chi connectivity index (χ1n) is 6.96. The van der Waals surface area contributed by atoms with E-state index in [0.29, 0.717) is 0 Å². The average molecular weight is 241 g/mol. The number of carbonyl (C=O) groups is 1. The van der Waals surface area contributed by atoms with Crippen molar-refractivity contribution in [3.8, 4) is 0 Å². The van der Waals surface area contributed by atoms with E-state index in [1.54, 1.807) is 6.92 Å². The molecule has 4 nitrogen and oxygen atoms in total. The third-order valence-corrected chi connectivity index (χ3v) is 3.31. The van der Waals surface area contributed by atoms with Gasteiger partial charge < -0.3 is 16.0 Å². The molecular formula is C13H27N3O. The summed E-state index contributed by atoms with van der Waals surface area (Å²) in [5, 5.41) is 2.84. The molecule has 1 fully saturated rings. The summed E-state index contributed by atoms with van der Waals surface area (Å²) in [5.41, 5.74) is 5.46. The summed E-state index contributed by atoms with van der Waals surface area (Å²) >= 11 is 0. The molecule has 0 spiro atoms. The minimum atomic E-state index is -0.386.